The SMILES string of the molecule is O=CN1CCC[C@H]1c1ccc(Sc2ccccc2)nc1. The molecular weight excluding hydrogens is 268 g/mol. The third kappa shape index (κ3) is 2.85. The van der Waals surface area contributed by atoms with Crippen LogP contribution in [0, 0.1) is 0 Å². The molecule has 1 saturated heterocycles. The molecule has 0 radical (unpaired) electrons. The third-order valence-corrected chi connectivity index (χ3v) is 4.50. The zero-order chi connectivity index (χ0) is 13.8. The van der Waals surface area contributed by atoms with Crippen LogP contribution in [0.3, 0.4) is 0 Å². The van der Waals surface area contributed by atoms with Gasteiger partial charge in [0.15, 0.2) is 0 Å². The van der Waals surface area contributed by atoms with E-state index < -0.39 is 0 Å². The van der Waals surface area contributed by atoms with Crippen molar-refractivity contribution in [3.05, 3.63) is 54.2 Å². The van der Waals surface area contributed by atoms with E-state index in [1.165, 1.54) is 4.90 Å². The van der Waals surface area contributed by atoms with Gasteiger partial charge in [0.1, 0.15) is 5.03 Å². The number of carbonyl (C=O) groups excluding carboxylic acids is 1. The summed E-state index contributed by atoms with van der Waals surface area (Å²) in [6.45, 7) is 0.856. The summed E-state index contributed by atoms with van der Waals surface area (Å²) in [7, 11) is 0. The first-order valence-electron chi connectivity index (χ1n) is 6.77. The molecule has 0 N–H and O–H groups in total. The maximum absolute atomic E-state index is 11.0. The zero-order valence-corrected chi connectivity index (χ0v) is 11.9. The quantitative estimate of drug-likeness (QED) is 0.805. The van der Waals surface area contributed by atoms with Crippen LogP contribution in [-0.2, 0) is 4.79 Å². The van der Waals surface area contributed by atoms with Crippen molar-refractivity contribution in [3.8, 4) is 0 Å². The molecule has 102 valence electrons. The molecule has 1 aliphatic heterocycles. The predicted octanol–water partition coefficient (Wildman–Crippen LogP) is 3.53. The first kappa shape index (κ1) is 13.2. The van der Waals surface area contributed by atoms with Crippen molar-refractivity contribution in [2.75, 3.05) is 6.54 Å². The minimum atomic E-state index is 0.204. The third-order valence-electron chi connectivity index (χ3n) is 3.54. The molecule has 1 aliphatic rings. The molecule has 2 heterocycles. The summed E-state index contributed by atoms with van der Waals surface area (Å²) in [4.78, 5) is 18.6. The van der Waals surface area contributed by atoms with Crippen molar-refractivity contribution >= 4 is 18.2 Å². The first-order chi connectivity index (χ1) is 9.86. The number of aromatic nitrogens is 1. The number of benzene rings is 1. The van der Waals surface area contributed by atoms with E-state index in [1.54, 1.807) is 11.8 Å². The molecule has 1 aromatic carbocycles. The maximum atomic E-state index is 11.0. The lowest BCUT2D eigenvalue weighted by Gasteiger charge is -2.19. The average molecular weight is 284 g/mol. The molecule has 1 amide bonds. The molecule has 0 unspecified atom stereocenters. The van der Waals surface area contributed by atoms with Gasteiger partial charge in [-0.3, -0.25) is 4.79 Å². The lowest BCUT2D eigenvalue weighted by molar-refractivity contribution is -0.118. The van der Waals surface area contributed by atoms with Gasteiger partial charge in [0.2, 0.25) is 6.41 Å². The number of pyridine rings is 1. The topological polar surface area (TPSA) is 33.2 Å². The van der Waals surface area contributed by atoms with E-state index in [0.29, 0.717) is 0 Å². The first-order valence-corrected chi connectivity index (χ1v) is 7.58. The molecule has 0 saturated carbocycles. The molecule has 0 aliphatic carbocycles. The summed E-state index contributed by atoms with van der Waals surface area (Å²) in [6, 6.07) is 14.5. The van der Waals surface area contributed by atoms with E-state index in [2.05, 4.69) is 23.2 Å². The highest BCUT2D eigenvalue weighted by Crippen LogP contribution is 2.32. The van der Waals surface area contributed by atoms with Crippen LogP contribution in [0.1, 0.15) is 24.4 Å². The van der Waals surface area contributed by atoms with Crippen LogP contribution >= 0.6 is 11.8 Å². The van der Waals surface area contributed by atoms with Crippen LogP contribution in [-0.4, -0.2) is 22.8 Å². The van der Waals surface area contributed by atoms with Gasteiger partial charge >= 0.3 is 0 Å². The fraction of sp³-hybridized carbons (Fsp3) is 0.250. The Labute approximate surface area is 123 Å². The van der Waals surface area contributed by atoms with E-state index >= 15 is 0 Å². The zero-order valence-electron chi connectivity index (χ0n) is 11.1. The minimum Gasteiger partial charge on any atom is -0.338 e. The molecule has 0 spiro atoms. The van der Waals surface area contributed by atoms with Crippen molar-refractivity contribution in [2.24, 2.45) is 0 Å². The second kappa shape index (κ2) is 6.09. The van der Waals surface area contributed by atoms with Crippen LogP contribution in [0.4, 0.5) is 0 Å². The van der Waals surface area contributed by atoms with Crippen LogP contribution in [0.5, 0.6) is 0 Å². The number of rotatable bonds is 4. The van der Waals surface area contributed by atoms with E-state index in [1.807, 2.05) is 35.4 Å². The Kier molecular flexibility index (Phi) is 4.02. The monoisotopic (exact) mass is 284 g/mol. The van der Waals surface area contributed by atoms with E-state index in [0.717, 1.165) is 36.4 Å². The van der Waals surface area contributed by atoms with Gasteiger partial charge in [0.25, 0.3) is 0 Å². The van der Waals surface area contributed by atoms with Crippen LogP contribution in [0.25, 0.3) is 0 Å². The number of likely N-dealkylation sites (tertiary alicyclic amines) is 1. The van der Waals surface area contributed by atoms with Gasteiger partial charge in [-0.2, -0.15) is 0 Å². The van der Waals surface area contributed by atoms with Gasteiger partial charge in [-0.1, -0.05) is 36.0 Å². The normalized spacial score (nSPS) is 18.2. The fourth-order valence-corrected chi connectivity index (χ4v) is 3.31. The van der Waals surface area contributed by atoms with Crippen LogP contribution in [0.2, 0.25) is 0 Å². The summed E-state index contributed by atoms with van der Waals surface area (Å²) in [6.07, 6.45) is 4.96. The molecule has 4 heteroatoms. The highest BCUT2D eigenvalue weighted by molar-refractivity contribution is 7.99. The van der Waals surface area contributed by atoms with Gasteiger partial charge in [-0.15, -0.1) is 0 Å². The number of nitrogens with zero attached hydrogens (tertiary/aromatic N) is 2. The molecule has 20 heavy (non-hydrogen) atoms. The molecule has 1 fully saturated rings. The predicted molar refractivity (Wildman–Crippen MR) is 79.5 cm³/mol. The lowest BCUT2D eigenvalue weighted by Crippen LogP contribution is -2.21. The Bertz CT molecular complexity index is 571. The Morgan fingerprint density at radius 1 is 1.20 bits per heavy atom. The molecule has 0 bridgehead atoms. The number of amides is 1. The van der Waals surface area contributed by atoms with E-state index in [4.69, 9.17) is 0 Å². The molecule has 3 nitrogen and oxygen atoms in total. The minimum absolute atomic E-state index is 0.204. The second-order valence-corrected chi connectivity index (χ2v) is 5.94. The van der Waals surface area contributed by atoms with E-state index in [-0.39, 0.29) is 6.04 Å². The van der Waals surface area contributed by atoms with Crippen LogP contribution < -0.4 is 0 Å². The summed E-state index contributed by atoms with van der Waals surface area (Å²) in [5.41, 5.74) is 1.13. The molecule has 2 aromatic rings. The Hall–Kier alpha value is -1.81. The fourth-order valence-electron chi connectivity index (χ4n) is 2.53. The van der Waals surface area contributed by atoms with Gasteiger partial charge < -0.3 is 4.90 Å². The Morgan fingerprint density at radius 2 is 2.05 bits per heavy atom. The van der Waals surface area contributed by atoms with Gasteiger partial charge in [0, 0.05) is 17.6 Å². The van der Waals surface area contributed by atoms with Crippen molar-refractivity contribution < 1.29 is 4.79 Å². The largest absolute Gasteiger partial charge is 0.338 e. The number of carbonyl (C=O) groups is 1. The van der Waals surface area contributed by atoms with Crippen LogP contribution in [0.15, 0.2) is 58.6 Å². The summed E-state index contributed by atoms with van der Waals surface area (Å²) >= 11 is 1.65. The Balaban J connectivity index is 1.73. The smallest absolute Gasteiger partial charge is 0.210 e. The van der Waals surface area contributed by atoms with Gasteiger partial charge in [-0.05, 0) is 36.6 Å². The summed E-state index contributed by atoms with van der Waals surface area (Å²) in [5, 5.41) is 0.982. The highest BCUT2D eigenvalue weighted by Gasteiger charge is 2.24. The van der Waals surface area contributed by atoms with E-state index in [9.17, 15) is 4.79 Å². The van der Waals surface area contributed by atoms with Gasteiger partial charge in [-0.25, -0.2) is 4.98 Å². The van der Waals surface area contributed by atoms with Gasteiger partial charge in [0.05, 0.1) is 6.04 Å². The summed E-state index contributed by atoms with van der Waals surface area (Å²) in [5.74, 6) is 0. The maximum Gasteiger partial charge on any atom is 0.210 e. The van der Waals surface area contributed by atoms with Crippen molar-refractivity contribution in [3.63, 3.8) is 0 Å². The number of hydrogen-bond donors (Lipinski definition) is 0. The standard InChI is InChI=1S/C16H16N2OS/c19-12-18-10-4-7-15(18)13-8-9-16(17-11-13)20-14-5-2-1-3-6-14/h1-3,5-6,8-9,11-12,15H,4,7,10H2/t15-/m0/s1. The Morgan fingerprint density at radius 3 is 2.75 bits per heavy atom. The second-order valence-electron chi connectivity index (χ2n) is 4.85. The molecular formula is C16H16N2OS. The summed E-state index contributed by atoms with van der Waals surface area (Å²) < 4.78 is 0. The molecule has 3 rings (SSSR count). The van der Waals surface area contributed by atoms with Crippen molar-refractivity contribution in [2.45, 2.75) is 28.8 Å². The van der Waals surface area contributed by atoms with Crippen molar-refractivity contribution in [1.29, 1.82) is 0 Å². The average Bonchev–Trinajstić information content (AvgIpc) is 2.98. The lowest BCUT2D eigenvalue weighted by atomic mass is 10.1. The molecule has 1 atom stereocenters. The number of hydrogen-bond acceptors (Lipinski definition) is 3. The van der Waals surface area contributed by atoms with Crippen molar-refractivity contribution in [1.82, 2.24) is 9.88 Å². The highest BCUT2D eigenvalue weighted by atomic mass is 32.2. The molecule has 1 aromatic heterocycles.